The van der Waals surface area contributed by atoms with Crippen LogP contribution >= 0.6 is 34.5 Å². The Labute approximate surface area is 160 Å². The lowest BCUT2D eigenvalue weighted by Crippen LogP contribution is -1.95. The standard InChI is InChI=1S/C18H15Cl2N3OS/c1-11-16(12-6-4-3-5-7-12)22-18(25-11)23-21-10-13-8-14(19)9-15(20)17(13)24-2/h3-10H,1-2H3,(H,22,23)/b21-10+. The first-order chi connectivity index (χ1) is 12.1. The molecular weight excluding hydrogens is 377 g/mol. The van der Waals surface area contributed by atoms with E-state index in [0.29, 0.717) is 26.5 Å². The minimum atomic E-state index is 0.438. The molecule has 1 aromatic heterocycles. The van der Waals surface area contributed by atoms with Crippen LogP contribution in [0.2, 0.25) is 10.0 Å². The first-order valence-corrected chi connectivity index (χ1v) is 9.00. The summed E-state index contributed by atoms with van der Waals surface area (Å²) in [5, 5.41) is 5.89. The van der Waals surface area contributed by atoms with Crippen LogP contribution in [0, 0.1) is 6.92 Å². The number of thiazole rings is 1. The highest BCUT2D eigenvalue weighted by atomic mass is 35.5. The van der Waals surface area contributed by atoms with Gasteiger partial charge in [-0.3, -0.25) is 5.43 Å². The number of rotatable bonds is 5. The Hall–Kier alpha value is -2.08. The minimum absolute atomic E-state index is 0.438. The first-order valence-electron chi connectivity index (χ1n) is 7.43. The third-order valence-corrected chi connectivity index (χ3v) is 4.82. The predicted molar refractivity (Wildman–Crippen MR) is 107 cm³/mol. The van der Waals surface area contributed by atoms with E-state index in [2.05, 4.69) is 15.5 Å². The summed E-state index contributed by atoms with van der Waals surface area (Å²) in [5.74, 6) is 0.525. The summed E-state index contributed by atoms with van der Waals surface area (Å²) >= 11 is 13.7. The topological polar surface area (TPSA) is 46.5 Å². The van der Waals surface area contributed by atoms with Gasteiger partial charge < -0.3 is 4.74 Å². The van der Waals surface area contributed by atoms with Gasteiger partial charge in [0.25, 0.3) is 0 Å². The van der Waals surface area contributed by atoms with Crippen molar-refractivity contribution < 1.29 is 4.74 Å². The highest BCUT2D eigenvalue weighted by Gasteiger charge is 2.10. The Morgan fingerprint density at radius 3 is 2.68 bits per heavy atom. The number of methoxy groups -OCH3 is 1. The van der Waals surface area contributed by atoms with E-state index in [1.165, 1.54) is 0 Å². The fourth-order valence-electron chi connectivity index (χ4n) is 2.36. The molecule has 0 aliphatic rings. The van der Waals surface area contributed by atoms with Crippen LogP contribution in [0.3, 0.4) is 0 Å². The van der Waals surface area contributed by atoms with Crippen molar-refractivity contribution in [1.82, 2.24) is 4.98 Å². The summed E-state index contributed by atoms with van der Waals surface area (Å²) in [6.07, 6.45) is 1.61. The second-order valence-corrected chi connectivity index (χ2v) is 7.22. The third kappa shape index (κ3) is 4.12. The second kappa shape index (κ2) is 7.87. The molecule has 128 valence electrons. The van der Waals surface area contributed by atoms with Crippen LogP contribution in [-0.2, 0) is 0 Å². The van der Waals surface area contributed by atoms with E-state index in [-0.39, 0.29) is 0 Å². The average Bonchev–Trinajstić information content (AvgIpc) is 2.96. The molecule has 0 saturated carbocycles. The number of ether oxygens (including phenoxy) is 1. The van der Waals surface area contributed by atoms with Gasteiger partial charge in [0.15, 0.2) is 0 Å². The van der Waals surface area contributed by atoms with E-state index in [9.17, 15) is 0 Å². The molecule has 2 aromatic carbocycles. The summed E-state index contributed by atoms with van der Waals surface area (Å²) < 4.78 is 5.29. The third-order valence-electron chi connectivity index (χ3n) is 3.45. The van der Waals surface area contributed by atoms with Crippen LogP contribution < -0.4 is 10.2 Å². The van der Waals surface area contributed by atoms with Crippen molar-refractivity contribution in [2.45, 2.75) is 6.92 Å². The number of hydrogen-bond acceptors (Lipinski definition) is 5. The van der Waals surface area contributed by atoms with Gasteiger partial charge in [0, 0.05) is 21.0 Å². The number of aromatic nitrogens is 1. The molecule has 1 heterocycles. The van der Waals surface area contributed by atoms with Gasteiger partial charge in [0.05, 0.1) is 24.0 Å². The summed E-state index contributed by atoms with van der Waals surface area (Å²) in [5.41, 5.74) is 5.66. The maximum atomic E-state index is 6.12. The predicted octanol–water partition coefficient (Wildman–Crippen LogP) is 5.88. The number of hydrazone groups is 1. The van der Waals surface area contributed by atoms with Gasteiger partial charge in [0.2, 0.25) is 5.13 Å². The van der Waals surface area contributed by atoms with Gasteiger partial charge in [-0.05, 0) is 19.1 Å². The highest BCUT2D eigenvalue weighted by Crippen LogP contribution is 2.32. The number of hydrogen-bond donors (Lipinski definition) is 1. The lowest BCUT2D eigenvalue weighted by Gasteiger charge is -2.07. The van der Waals surface area contributed by atoms with Gasteiger partial charge in [-0.1, -0.05) is 53.5 Å². The lowest BCUT2D eigenvalue weighted by atomic mass is 10.1. The summed E-state index contributed by atoms with van der Waals surface area (Å²) in [4.78, 5) is 5.72. The average molecular weight is 392 g/mol. The molecule has 0 amide bonds. The molecule has 0 aliphatic heterocycles. The van der Waals surface area contributed by atoms with E-state index in [4.69, 9.17) is 27.9 Å². The van der Waals surface area contributed by atoms with Gasteiger partial charge >= 0.3 is 0 Å². The lowest BCUT2D eigenvalue weighted by molar-refractivity contribution is 0.414. The number of anilines is 1. The van der Waals surface area contributed by atoms with E-state index in [1.807, 2.05) is 37.3 Å². The van der Waals surface area contributed by atoms with Gasteiger partial charge in [0.1, 0.15) is 5.75 Å². The minimum Gasteiger partial charge on any atom is -0.495 e. The largest absolute Gasteiger partial charge is 0.495 e. The Kier molecular flexibility index (Phi) is 5.58. The quantitative estimate of drug-likeness (QED) is 0.436. The SMILES string of the molecule is COc1c(Cl)cc(Cl)cc1/C=N/Nc1nc(-c2ccccc2)c(C)s1. The molecule has 3 rings (SSSR count). The molecule has 0 atom stereocenters. The van der Waals surface area contributed by atoms with Gasteiger partial charge in [-0.2, -0.15) is 5.10 Å². The Morgan fingerprint density at radius 1 is 1.20 bits per heavy atom. The van der Waals surface area contributed by atoms with Gasteiger partial charge in [-0.25, -0.2) is 4.98 Å². The van der Waals surface area contributed by atoms with E-state index < -0.39 is 0 Å². The van der Waals surface area contributed by atoms with Crippen LogP contribution in [0.15, 0.2) is 47.6 Å². The van der Waals surface area contributed by atoms with Crippen molar-refractivity contribution >= 4 is 45.9 Å². The summed E-state index contributed by atoms with van der Waals surface area (Å²) in [7, 11) is 1.55. The van der Waals surface area contributed by atoms with Crippen LogP contribution in [-0.4, -0.2) is 18.3 Å². The first kappa shape index (κ1) is 17.7. The van der Waals surface area contributed by atoms with Crippen molar-refractivity contribution in [2.24, 2.45) is 5.10 Å². The molecule has 3 aromatic rings. The molecule has 0 fully saturated rings. The van der Waals surface area contributed by atoms with Gasteiger partial charge in [-0.15, -0.1) is 11.3 Å². The molecule has 0 saturated heterocycles. The summed E-state index contributed by atoms with van der Waals surface area (Å²) in [6.45, 7) is 2.04. The van der Waals surface area contributed by atoms with Crippen molar-refractivity contribution in [2.75, 3.05) is 12.5 Å². The fraction of sp³-hybridized carbons (Fsp3) is 0.111. The summed E-state index contributed by atoms with van der Waals surface area (Å²) in [6, 6.07) is 13.4. The van der Waals surface area contributed by atoms with Crippen LogP contribution in [0.1, 0.15) is 10.4 Å². The molecule has 0 radical (unpaired) electrons. The van der Waals surface area contributed by atoms with Crippen LogP contribution in [0.25, 0.3) is 11.3 Å². The Morgan fingerprint density at radius 2 is 1.96 bits per heavy atom. The second-order valence-electron chi connectivity index (χ2n) is 5.17. The van der Waals surface area contributed by atoms with E-state index in [1.54, 1.807) is 36.8 Å². The number of halogens is 2. The van der Waals surface area contributed by atoms with Crippen molar-refractivity contribution in [3.8, 4) is 17.0 Å². The zero-order valence-electron chi connectivity index (χ0n) is 13.6. The van der Waals surface area contributed by atoms with Crippen molar-refractivity contribution in [1.29, 1.82) is 0 Å². The molecule has 1 N–H and O–H groups in total. The maximum Gasteiger partial charge on any atom is 0.204 e. The molecule has 0 unspecified atom stereocenters. The van der Waals surface area contributed by atoms with Crippen LogP contribution in [0.5, 0.6) is 5.75 Å². The zero-order valence-corrected chi connectivity index (χ0v) is 15.9. The zero-order chi connectivity index (χ0) is 17.8. The molecule has 4 nitrogen and oxygen atoms in total. The van der Waals surface area contributed by atoms with Crippen molar-refractivity contribution in [3.63, 3.8) is 0 Å². The molecule has 0 bridgehead atoms. The van der Waals surface area contributed by atoms with E-state index in [0.717, 1.165) is 16.1 Å². The normalized spacial score (nSPS) is 11.0. The fourth-order valence-corrected chi connectivity index (χ4v) is 3.73. The molecule has 0 spiro atoms. The van der Waals surface area contributed by atoms with Crippen LogP contribution in [0.4, 0.5) is 5.13 Å². The maximum absolute atomic E-state index is 6.12. The van der Waals surface area contributed by atoms with E-state index >= 15 is 0 Å². The number of benzene rings is 2. The smallest absolute Gasteiger partial charge is 0.204 e. The highest BCUT2D eigenvalue weighted by molar-refractivity contribution is 7.15. The molecule has 25 heavy (non-hydrogen) atoms. The molecule has 0 aliphatic carbocycles. The number of nitrogens with one attached hydrogen (secondary N) is 1. The number of nitrogens with zero attached hydrogens (tertiary/aromatic N) is 2. The van der Waals surface area contributed by atoms with Crippen molar-refractivity contribution in [3.05, 3.63) is 63.0 Å². The number of aryl methyl sites for hydroxylation is 1. The monoisotopic (exact) mass is 391 g/mol. The Bertz CT molecular complexity index is 910. The Balaban J connectivity index is 1.80. The molecular formula is C18H15Cl2N3OS. The molecule has 7 heteroatoms.